The van der Waals surface area contributed by atoms with Gasteiger partial charge in [-0.3, -0.25) is 4.55 Å². The van der Waals surface area contributed by atoms with E-state index in [9.17, 15) is 18.4 Å². The van der Waals surface area contributed by atoms with Gasteiger partial charge in [0.05, 0.1) is 4.90 Å². The predicted octanol–water partition coefficient (Wildman–Crippen LogP) is 2.19. The average Bonchev–Trinajstić information content (AvgIpc) is 2.28. The van der Waals surface area contributed by atoms with Crippen molar-refractivity contribution in [1.82, 2.24) is 0 Å². The Morgan fingerprint density at radius 1 is 1.12 bits per heavy atom. The van der Waals surface area contributed by atoms with Gasteiger partial charge in [-0.25, -0.2) is 0 Å². The molecule has 6 nitrogen and oxygen atoms in total. The highest BCUT2D eigenvalue weighted by Crippen LogP contribution is 2.35. The molecule has 0 aromatic heterocycles. The molecule has 0 aliphatic carbocycles. The second kappa shape index (κ2) is 3.79. The maximum Gasteiger partial charge on any atom is 0.294 e. The smallest absolute Gasteiger partial charge is 0.294 e. The molecule has 0 aliphatic rings. The van der Waals surface area contributed by atoms with Crippen molar-refractivity contribution in [2.45, 2.75) is 4.90 Å². The van der Waals surface area contributed by atoms with Crippen LogP contribution in [0.4, 0.5) is 5.69 Å². The fraction of sp³-hybridized carbons (Fsp3) is 0. The molecule has 0 bridgehead atoms. The van der Waals surface area contributed by atoms with Crippen LogP contribution < -0.4 is 0 Å². The summed E-state index contributed by atoms with van der Waals surface area (Å²) in [6.45, 7) is 0. The van der Waals surface area contributed by atoms with E-state index in [4.69, 9.17) is 4.55 Å². The molecule has 0 unspecified atom stereocenters. The van der Waals surface area contributed by atoms with Crippen molar-refractivity contribution in [3.63, 3.8) is 0 Å². The molecule has 2 aromatic carbocycles. The molecule has 0 aliphatic heterocycles. The van der Waals surface area contributed by atoms with E-state index in [0.29, 0.717) is 5.39 Å². The van der Waals surface area contributed by atoms with E-state index >= 15 is 0 Å². The number of benzene rings is 2. The van der Waals surface area contributed by atoms with Crippen molar-refractivity contribution in [2.24, 2.45) is 5.18 Å². The van der Waals surface area contributed by atoms with Crippen LogP contribution in [0.3, 0.4) is 0 Å². The molecule has 2 N–H and O–H groups in total. The van der Waals surface area contributed by atoms with E-state index in [1.54, 1.807) is 0 Å². The Kier molecular flexibility index (Phi) is 2.56. The lowest BCUT2D eigenvalue weighted by atomic mass is 10.1. The number of aromatic hydroxyl groups is 1. The van der Waals surface area contributed by atoms with E-state index < -0.39 is 15.9 Å². The maximum atomic E-state index is 10.9. The van der Waals surface area contributed by atoms with E-state index in [1.807, 2.05) is 0 Å². The zero-order chi connectivity index (χ0) is 12.6. The van der Waals surface area contributed by atoms with Crippen molar-refractivity contribution >= 4 is 26.6 Å². The van der Waals surface area contributed by atoms with Crippen molar-refractivity contribution in [3.05, 3.63) is 35.2 Å². The van der Waals surface area contributed by atoms with Crippen molar-refractivity contribution in [1.29, 1.82) is 0 Å². The highest BCUT2D eigenvalue weighted by molar-refractivity contribution is 7.85. The molecule has 2 aromatic rings. The Hall–Kier alpha value is -1.99. The summed E-state index contributed by atoms with van der Waals surface area (Å²) < 4.78 is 30.7. The van der Waals surface area contributed by atoms with Crippen molar-refractivity contribution in [2.75, 3.05) is 0 Å². The summed E-state index contributed by atoms with van der Waals surface area (Å²) in [6.07, 6.45) is 0. The minimum absolute atomic E-state index is 0.136. The lowest BCUT2D eigenvalue weighted by Crippen LogP contribution is -1.97. The van der Waals surface area contributed by atoms with Gasteiger partial charge in [0.15, 0.2) is 5.75 Å². The number of phenolic OH excluding ortho intramolecular Hbond substituents is 1. The first-order valence-electron chi connectivity index (χ1n) is 4.50. The van der Waals surface area contributed by atoms with E-state index in [0.717, 1.165) is 6.07 Å². The molecule has 0 spiro atoms. The lowest BCUT2D eigenvalue weighted by Gasteiger charge is -2.04. The average molecular weight is 253 g/mol. The third-order valence-electron chi connectivity index (χ3n) is 2.34. The number of hydrogen-bond donors (Lipinski definition) is 2. The van der Waals surface area contributed by atoms with Gasteiger partial charge in [0.2, 0.25) is 0 Å². The van der Waals surface area contributed by atoms with Gasteiger partial charge in [-0.1, -0.05) is 12.1 Å². The van der Waals surface area contributed by atoms with Gasteiger partial charge >= 0.3 is 0 Å². The van der Waals surface area contributed by atoms with Gasteiger partial charge < -0.3 is 5.11 Å². The van der Waals surface area contributed by atoms with Crippen molar-refractivity contribution < 1.29 is 18.1 Å². The molecule has 0 atom stereocenters. The van der Waals surface area contributed by atoms with Crippen LogP contribution in [0.2, 0.25) is 0 Å². The standard InChI is InChI=1S/C10H7NO5S/c12-10-8-5-7(17(14,15)16)3-1-6(8)2-4-9(10)11-13/h1-5,12H,(H,14,15,16). The second-order valence-electron chi connectivity index (χ2n) is 3.38. The van der Waals surface area contributed by atoms with Crippen LogP contribution in [0, 0.1) is 4.91 Å². The number of nitroso groups, excluding NO2 is 1. The fourth-order valence-corrected chi connectivity index (χ4v) is 2.01. The van der Waals surface area contributed by atoms with Crippen LogP contribution in [0.15, 0.2) is 40.4 Å². The third kappa shape index (κ3) is 1.97. The number of rotatable bonds is 2. The van der Waals surface area contributed by atoms with Crippen molar-refractivity contribution in [3.8, 4) is 5.75 Å². The van der Waals surface area contributed by atoms with E-state index in [2.05, 4.69) is 5.18 Å². The second-order valence-corrected chi connectivity index (χ2v) is 4.80. The Morgan fingerprint density at radius 2 is 1.76 bits per heavy atom. The first-order chi connectivity index (χ1) is 7.93. The highest BCUT2D eigenvalue weighted by atomic mass is 32.2. The molecule has 17 heavy (non-hydrogen) atoms. The van der Waals surface area contributed by atoms with Gasteiger partial charge in [-0.05, 0) is 28.8 Å². The minimum Gasteiger partial charge on any atom is -0.505 e. The summed E-state index contributed by atoms with van der Waals surface area (Å²) in [6, 6.07) is 6.52. The normalized spacial score (nSPS) is 11.6. The monoisotopic (exact) mass is 253 g/mol. The third-order valence-corrected chi connectivity index (χ3v) is 3.19. The number of phenols is 1. The zero-order valence-electron chi connectivity index (χ0n) is 8.36. The van der Waals surface area contributed by atoms with Gasteiger partial charge in [-0.2, -0.15) is 8.42 Å². The Labute approximate surface area is 96.2 Å². The summed E-state index contributed by atoms with van der Waals surface area (Å²) in [5.41, 5.74) is -0.190. The molecule has 0 fully saturated rings. The number of fused-ring (bicyclic) bond motifs is 1. The summed E-state index contributed by atoms with van der Waals surface area (Å²) in [4.78, 5) is 10.0. The van der Waals surface area contributed by atoms with Gasteiger partial charge in [0.1, 0.15) is 5.69 Å². The quantitative estimate of drug-likeness (QED) is 0.630. The molecule has 88 valence electrons. The molecule has 2 rings (SSSR count). The van der Waals surface area contributed by atoms with Gasteiger partial charge in [0, 0.05) is 5.39 Å². The highest BCUT2D eigenvalue weighted by Gasteiger charge is 2.13. The molecule has 0 saturated heterocycles. The summed E-state index contributed by atoms with van der Waals surface area (Å²) in [7, 11) is -4.35. The van der Waals surface area contributed by atoms with Crippen LogP contribution >= 0.6 is 0 Å². The van der Waals surface area contributed by atoms with Crippen LogP contribution in [-0.4, -0.2) is 18.1 Å². The first-order valence-corrected chi connectivity index (χ1v) is 5.94. The SMILES string of the molecule is O=Nc1ccc2ccc(S(=O)(=O)O)cc2c1O. The van der Waals surface area contributed by atoms with E-state index in [-0.39, 0.29) is 16.0 Å². The molecular weight excluding hydrogens is 246 g/mol. The van der Waals surface area contributed by atoms with Crippen LogP contribution in [0.1, 0.15) is 0 Å². The number of hydrogen-bond acceptors (Lipinski definition) is 5. The van der Waals surface area contributed by atoms with Crippen LogP contribution in [0.5, 0.6) is 5.75 Å². The Morgan fingerprint density at radius 3 is 2.35 bits per heavy atom. The minimum atomic E-state index is -4.35. The van der Waals surface area contributed by atoms with Crippen LogP contribution in [-0.2, 0) is 10.1 Å². The maximum absolute atomic E-state index is 10.9. The zero-order valence-corrected chi connectivity index (χ0v) is 9.18. The predicted molar refractivity (Wildman–Crippen MR) is 60.9 cm³/mol. The Balaban J connectivity index is 2.84. The molecule has 7 heteroatoms. The molecule has 0 saturated carbocycles. The number of nitrogens with zero attached hydrogens (tertiary/aromatic N) is 1. The lowest BCUT2D eigenvalue weighted by molar-refractivity contribution is 0.482. The summed E-state index contributed by atoms with van der Waals surface area (Å²) in [5.74, 6) is -0.414. The van der Waals surface area contributed by atoms with Gasteiger partial charge in [0.25, 0.3) is 10.1 Å². The fourth-order valence-electron chi connectivity index (χ4n) is 1.51. The topological polar surface area (TPSA) is 104 Å². The molecule has 0 radical (unpaired) electrons. The Bertz CT molecular complexity index is 708. The first kappa shape index (κ1) is 11.5. The van der Waals surface area contributed by atoms with Crippen LogP contribution in [0.25, 0.3) is 10.8 Å². The molecule has 0 heterocycles. The summed E-state index contributed by atoms with van der Waals surface area (Å²) in [5, 5.41) is 12.9. The molecule has 0 amide bonds. The van der Waals surface area contributed by atoms with E-state index in [1.165, 1.54) is 24.3 Å². The van der Waals surface area contributed by atoms with Gasteiger partial charge in [-0.15, -0.1) is 4.91 Å². The molecular formula is C10H7NO5S. The largest absolute Gasteiger partial charge is 0.505 e. The summed E-state index contributed by atoms with van der Waals surface area (Å²) >= 11 is 0.